The van der Waals surface area contributed by atoms with Crippen molar-refractivity contribution >= 4 is 0 Å². The fourth-order valence-corrected chi connectivity index (χ4v) is 9.74. The van der Waals surface area contributed by atoms with Crippen LogP contribution < -0.4 is 0 Å². The van der Waals surface area contributed by atoms with E-state index in [2.05, 4.69) is 188 Å². The number of aromatic nitrogens is 3. The zero-order valence-electron chi connectivity index (χ0n) is 39.9. The number of benzene rings is 8. The van der Waals surface area contributed by atoms with Crippen LogP contribution in [0.15, 0.2) is 255 Å². The Labute approximate surface area is 422 Å². The molecule has 11 rings (SSSR count). The highest BCUT2D eigenvalue weighted by atomic mass is 14.7. The van der Waals surface area contributed by atoms with Gasteiger partial charge in [0, 0.05) is 52.0 Å². The van der Waals surface area contributed by atoms with Gasteiger partial charge in [-0.1, -0.05) is 206 Å². The van der Waals surface area contributed by atoms with Crippen LogP contribution in [0.25, 0.3) is 89.4 Å². The van der Waals surface area contributed by atoms with Crippen LogP contribution in [0, 0.1) is 11.3 Å². The van der Waals surface area contributed by atoms with E-state index < -0.39 is 0 Å². The third-order valence-electron chi connectivity index (χ3n) is 13.5. The predicted octanol–water partition coefficient (Wildman–Crippen LogP) is 16.6. The van der Waals surface area contributed by atoms with Gasteiger partial charge in [-0.05, 0) is 117 Å². The Morgan fingerprint density at radius 1 is 0.264 bits per heavy atom. The van der Waals surface area contributed by atoms with E-state index in [9.17, 15) is 5.26 Å². The lowest BCUT2D eigenvalue weighted by Crippen LogP contribution is -1.99. The second-order valence-corrected chi connectivity index (χ2v) is 18.2. The molecule has 0 N–H and O–H groups in total. The van der Waals surface area contributed by atoms with Gasteiger partial charge < -0.3 is 0 Å². The van der Waals surface area contributed by atoms with E-state index in [-0.39, 0.29) is 0 Å². The molecule has 0 radical (unpaired) electrons. The number of aryl methyl sites for hydroxylation is 4. The summed E-state index contributed by atoms with van der Waals surface area (Å²) in [5.41, 5.74) is 21.6. The van der Waals surface area contributed by atoms with Crippen LogP contribution in [0.4, 0.5) is 0 Å². The molecule has 3 aromatic heterocycles. The molecule has 0 spiro atoms. The molecule has 72 heavy (non-hydrogen) atoms. The first-order valence-electron chi connectivity index (χ1n) is 24.6. The molecule has 0 aliphatic heterocycles. The summed E-state index contributed by atoms with van der Waals surface area (Å²) < 4.78 is 0. The largest absolute Gasteiger partial charge is 0.256 e. The van der Waals surface area contributed by atoms with Gasteiger partial charge in [-0.25, -0.2) is 0 Å². The monoisotopic (exact) mass is 922 g/mol. The molecular weight excluding hydrogens is 873 g/mol. The van der Waals surface area contributed by atoms with Gasteiger partial charge in [-0.3, -0.25) is 15.0 Å². The van der Waals surface area contributed by atoms with Gasteiger partial charge in [0.2, 0.25) is 0 Å². The van der Waals surface area contributed by atoms with Crippen LogP contribution in [0.5, 0.6) is 0 Å². The Morgan fingerprint density at radius 2 is 0.694 bits per heavy atom. The molecule has 0 amide bonds. The standard InChI is InChI=1S/C68H50N4/c69-44-64-61(53-20-8-2-9-21-53)41-57(52-18-6-1-7-19-52)42-62(64)63-43-68(56-26-14-5-15-27-56)72-47-65(63)60-29-17-16-28-59(60)58-39-50(32-30-48-34-36-66(70-45-48)54-22-10-3-11-23-54)38-51(40-58)33-31-49-35-37-67(71-46-49)55-24-12-4-13-25-55/h1-29,34-43,45-47H,30-33H2. The average Bonchev–Trinajstić information content (AvgIpc) is 3.47. The van der Waals surface area contributed by atoms with Crippen molar-refractivity contribution in [2.24, 2.45) is 0 Å². The molecule has 0 aliphatic carbocycles. The normalized spacial score (nSPS) is 11.0. The molecule has 342 valence electrons. The van der Waals surface area contributed by atoms with Crippen LogP contribution in [0.3, 0.4) is 0 Å². The maximum Gasteiger partial charge on any atom is 0.100 e. The molecule has 4 heteroatoms. The van der Waals surface area contributed by atoms with Gasteiger partial charge in [0.25, 0.3) is 0 Å². The van der Waals surface area contributed by atoms with E-state index >= 15 is 0 Å². The number of hydrogen-bond donors (Lipinski definition) is 0. The van der Waals surface area contributed by atoms with Gasteiger partial charge in [0.05, 0.1) is 22.6 Å². The van der Waals surface area contributed by atoms with Gasteiger partial charge in [0.1, 0.15) is 6.07 Å². The van der Waals surface area contributed by atoms with Crippen LogP contribution in [0.2, 0.25) is 0 Å². The molecule has 8 aromatic carbocycles. The first-order valence-corrected chi connectivity index (χ1v) is 24.6. The topological polar surface area (TPSA) is 62.5 Å². The van der Waals surface area contributed by atoms with Crippen molar-refractivity contribution in [1.29, 1.82) is 5.26 Å². The first-order chi connectivity index (χ1) is 35.6. The second-order valence-electron chi connectivity index (χ2n) is 18.2. The number of rotatable bonds is 14. The van der Waals surface area contributed by atoms with E-state index in [1.54, 1.807) is 0 Å². The zero-order chi connectivity index (χ0) is 48.5. The molecule has 0 saturated heterocycles. The van der Waals surface area contributed by atoms with E-state index in [0.29, 0.717) is 5.56 Å². The fourth-order valence-electron chi connectivity index (χ4n) is 9.74. The molecule has 0 bridgehead atoms. The smallest absolute Gasteiger partial charge is 0.100 e. The number of nitrogens with zero attached hydrogens (tertiary/aromatic N) is 4. The summed E-state index contributed by atoms with van der Waals surface area (Å²) in [7, 11) is 0. The lowest BCUT2D eigenvalue weighted by molar-refractivity contribution is 0.923. The van der Waals surface area contributed by atoms with Crippen LogP contribution >= 0.6 is 0 Å². The Balaban J connectivity index is 1.03. The summed E-state index contributed by atoms with van der Waals surface area (Å²) in [5, 5.41) is 11.2. The zero-order valence-corrected chi connectivity index (χ0v) is 39.9. The predicted molar refractivity (Wildman–Crippen MR) is 296 cm³/mol. The summed E-state index contributed by atoms with van der Waals surface area (Å²) in [6.45, 7) is 0. The molecule has 11 aromatic rings. The molecule has 0 fully saturated rings. The fraction of sp³-hybridized carbons (Fsp3) is 0.0588. The number of pyridine rings is 3. The summed E-state index contributed by atoms with van der Waals surface area (Å²) in [6.07, 6.45) is 9.46. The summed E-state index contributed by atoms with van der Waals surface area (Å²) in [4.78, 5) is 14.9. The average molecular weight is 923 g/mol. The van der Waals surface area contributed by atoms with Gasteiger partial charge in [-0.2, -0.15) is 5.26 Å². The van der Waals surface area contributed by atoms with E-state index in [1.165, 1.54) is 22.3 Å². The molecule has 0 saturated carbocycles. The Bertz CT molecular complexity index is 3540. The molecule has 0 unspecified atom stereocenters. The Morgan fingerprint density at radius 3 is 1.19 bits per heavy atom. The lowest BCUT2D eigenvalue weighted by Gasteiger charge is -2.20. The molecule has 4 nitrogen and oxygen atoms in total. The Hall–Kier alpha value is -9.30. The van der Waals surface area contributed by atoms with Gasteiger partial charge >= 0.3 is 0 Å². The molecule has 0 aliphatic rings. The first kappa shape index (κ1) is 45.2. The van der Waals surface area contributed by atoms with E-state index in [4.69, 9.17) is 15.0 Å². The highest BCUT2D eigenvalue weighted by Crippen LogP contribution is 2.44. The van der Waals surface area contributed by atoms with Crippen molar-refractivity contribution in [1.82, 2.24) is 15.0 Å². The third-order valence-corrected chi connectivity index (χ3v) is 13.5. The SMILES string of the molecule is N#Cc1c(-c2ccccc2)cc(-c2ccccc2)cc1-c1cc(-c2ccccc2)ncc1-c1ccccc1-c1cc(CCc2ccc(-c3ccccc3)nc2)cc(CCc2ccc(-c3ccccc3)nc2)c1. The maximum absolute atomic E-state index is 11.2. The van der Waals surface area contributed by atoms with Crippen LogP contribution in [0.1, 0.15) is 27.8 Å². The van der Waals surface area contributed by atoms with Crippen molar-refractivity contribution in [2.45, 2.75) is 25.7 Å². The summed E-state index contributed by atoms with van der Waals surface area (Å²) in [5.74, 6) is 0. The van der Waals surface area contributed by atoms with Crippen molar-refractivity contribution in [3.05, 3.63) is 283 Å². The van der Waals surface area contributed by atoms with Gasteiger partial charge in [0.15, 0.2) is 0 Å². The molecule has 0 atom stereocenters. The quantitative estimate of drug-likeness (QED) is 0.109. The molecular formula is C68H50N4. The highest BCUT2D eigenvalue weighted by Gasteiger charge is 2.22. The maximum atomic E-state index is 11.2. The highest BCUT2D eigenvalue weighted by molar-refractivity contribution is 5.97. The minimum absolute atomic E-state index is 0.617. The van der Waals surface area contributed by atoms with Crippen LogP contribution in [-0.4, -0.2) is 15.0 Å². The number of hydrogen-bond acceptors (Lipinski definition) is 4. The van der Waals surface area contributed by atoms with Crippen molar-refractivity contribution < 1.29 is 0 Å². The summed E-state index contributed by atoms with van der Waals surface area (Å²) in [6, 6.07) is 85.3. The number of nitriles is 1. The lowest BCUT2D eigenvalue weighted by atomic mass is 9.84. The second kappa shape index (κ2) is 21.1. The van der Waals surface area contributed by atoms with Crippen LogP contribution in [-0.2, 0) is 25.7 Å². The van der Waals surface area contributed by atoms with Crippen molar-refractivity contribution in [2.75, 3.05) is 0 Å². The third kappa shape index (κ3) is 10.1. The van der Waals surface area contributed by atoms with Crippen molar-refractivity contribution in [3.8, 4) is 95.5 Å². The summed E-state index contributed by atoms with van der Waals surface area (Å²) >= 11 is 0. The molecule has 3 heterocycles. The van der Waals surface area contributed by atoms with Gasteiger partial charge in [-0.15, -0.1) is 0 Å². The Kier molecular flexibility index (Phi) is 13.3. The minimum atomic E-state index is 0.617. The van der Waals surface area contributed by atoms with Crippen molar-refractivity contribution in [3.63, 3.8) is 0 Å². The van der Waals surface area contributed by atoms with E-state index in [1.807, 2.05) is 73.2 Å². The van der Waals surface area contributed by atoms with E-state index in [0.717, 1.165) is 115 Å². The minimum Gasteiger partial charge on any atom is -0.256 e.